The van der Waals surface area contributed by atoms with Gasteiger partial charge in [-0.15, -0.1) is 0 Å². The van der Waals surface area contributed by atoms with E-state index in [1.807, 2.05) is 6.92 Å². The van der Waals surface area contributed by atoms with Gasteiger partial charge in [-0.05, 0) is 38.3 Å². The first-order chi connectivity index (χ1) is 10.3. The summed E-state index contributed by atoms with van der Waals surface area (Å²) in [7, 11) is -2.25. The van der Waals surface area contributed by atoms with Crippen molar-refractivity contribution in [3.05, 3.63) is 29.8 Å². The fourth-order valence-electron chi connectivity index (χ4n) is 3.44. The number of esters is 1. The molecule has 2 bridgehead atoms. The third-order valence-electron chi connectivity index (χ3n) is 4.53. The van der Waals surface area contributed by atoms with E-state index in [0.29, 0.717) is 19.3 Å². The van der Waals surface area contributed by atoms with Crippen LogP contribution >= 0.6 is 0 Å². The number of methoxy groups -OCH3 is 1. The lowest BCUT2D eigenvalue weighted by atomic mass is 9.35. The molecular formula is C15H18N2O4S. The maximum absolute atomic E-state index is 12.1. The molecule has 0 heterocycles. The van der Waals surface area contributed by atoms with Gasteiger partial charge in [0.15, 0.2) is 0 Å². The molecule has 3 fully saturated rings. The van der Waals surface area contributed by atoms with Crippen molar-refractivity contribution in [3.63, 3.8) is 0 Å². The summed E-state index contributed by atoms with van der Waals surface area (Å²) < 4.78 is 28.9. The van der Waals surface area contributed by atoms with Crippen LogP contribution in [0.25, 0.3) is 0 Å². The third-order valence-corrected chi connectivity index (χ3v) is 5.77. The normalized spacial score (nSPS) is 29.5. The van der Waals surface area contributed by atoms with Gasteiger partial charge in [0.05, 0.1) is 17.4 Å². The molecule has 3 aliphatic carbocycles. The van der Waals surface area contributed by atoms with Gasteiger partial charge < -0.3 is 4.74 Å². The molecule has 6 nitrogen and oxygen atoms in total. The summed E-state index contributed by atoms with van der Waals surface area (Å²) in [4.78, 5) is 14.0. The zero-order chi connectivity index (χ0) is 16.0. The fourth-order valence-corrected chi connectivity index (χ4v) is 4.23. The van der Waals surface area contributed by atoms with Gasteiger partial charge in [-0.1, -0.05) is 17.7 Å². The van der Waals surface area contributed by atoms with Crippen LogP contribution < -0.4 is 4.83 Å². The van der Waals surface area contributed by atoms with Gasteiger partial charge in [-0.3, -0.25) is 4.79 Å². The lowest BCUT2D eigenvalue weighted by molar-refractivity contribution is -0.201. The smallest absolute Gasteiger partial charge is 0.311 e. The van der Waals surface area contributed by atoms with Crippen molar-refractivity contribution in [2.24, 2.45) is 15.9 Å². The third kappa shape index (κ3) is 2.29. The molecular weight excluding hydrogens is 304 g/mol. The molecule has 1 aromatic rings. The van der Waals surface area contributed by atoms with Crippen molar-refractivity contribution in [2.45, 2.75) is 31.1 Å². The Morgan fingerprint density at radius 3 is 2.41 bits per heavy atom. The number of ether oxygens (including phenoxy) is 1. The van der Waals surface area contributed by atoms with Crippen molar-refractivity contribution in [1.82, 2.24) is 4.83 Å². The van der Waals surface area contributed by atoms with Gasteiger partial charge in [-0.2, -0.15) is 13.5 Å². The summed E-state index contributed by atoms with van der Waals surface area (Å²) >= 11 is 0. The molecule has 118 valence electrons. The molecule has 1 aromatic carbocycles. The van der Waals surface area contributed by atoms with Gasteiger partial charge >= 0.3 is 5.97 Å². The predicted octanol–water partition coefficient (Wildman–Crippen LogP) is 1.60. The molecule has 3 aliphatic rings. The topological polar surface area (TPSA) is 84.8 Å². The number of rotatable bonds is 5. The Hall–Kier alpha value is -1.89. The van der Waals surface area contributed by atoms with Gasteiger partial charge in [0.1, 0.15) is 0 Å². The van der Waals surface area contributed by atoms with E-state index in [2.05, 4.69) is 9.93 Å². The van der Waals surface area contributed by atoms with E-state index in [1.54, 1.807) is 30.5 Å². The van der Waals surface area contributed by atoms with E-state index < -0.39 is 10.0 Å². The van der Waals surface area contributed by atoms with Gasteiger partial charge in [0.2, 0.25) is 0 Å². The molecule has 0 aliphatic heterocycles. The second kappa shape index (κ2) is 4.81. The number of nitrogens with one attached hydrogen (secondary N) is 1. The average Bonchev–Trinajstić information content (AvgIpc) is 2.39. The minimum atomic E-state index is -3.64. The van der Waals surface area contributed by atoms with Crippen molar-refractivity contribution in [2.75, 3.05) is 7.11 Å². The number of carbonyl (C=O) groups is 1. The lowest BCUT2D eigenvalue weighted by Gasteiger charge is -2.66. The molecule has 0 unspecified atom stereocenters. The van der Waals surface area contributed by atoms with E-state index in [0.717, 1.165) is 5.56 Å². The number of nitrogens with zero attached hydrogens (tertiary/aromatic N) is 1. The maximum Gasteiger partial charge on any atom is 0.311 e. The highest BCUT2D eigenvalue weighted by atomic mass is 32.2. The number of sulfonamides is 1. The van der Waals surface area contributed by atoms with E-state index in [1.165, 1.54) is 7.11 Å². The minimum Gasteiger partial charge on any atom is -0.469 e. The van der Waals surface area contributed by atoms with E-state index in [9.17, 15) is 13.2 Å². The Kier molecular flexibility index (Phi) is 3.28. The molecule has 0 spiro atoms. The summed E-state index contributed by atoms with van der Waals surface area (Å²) in [6.07, 6.45) is 3.66. The highest BCUT2D eigenvalue weighted by Gasteiger charge is 2.71. The van der Waals surface area contributed by atoms with Crippen molar-refractivity contribution in [3.8, 4) is 0 Å². The molecule has 0 saturated heterocycles. The summed E-state index contributed by atoms with van der Waals surface area (Å²) in [6.45, 7) is 1.89. The van der Waals surface area contributed by atoms with Crippen LogP contribution in [-0.4, -0.2) is 27.7 Å². The maximum atomic E-state index is 12.1. The summed E-state index contributed by atoms with van der Waals surface area (Å²) in [5, 5.41) is 3.87. The van der Waals surface area contributed by atoms with Gasteiger partial charge in [-0.25, -0.2) is 4.83 Å². The van der Waals surface area contributed by atoms with Crippen LogP contribution in [0.15, 0.2) is 34.3 Å². The quantitative estimate of drug-likeness (QED) is 0.507. The second-order valence-corrected chi connectivity index (χ2v) is 7.99. The number of hydrazone groups is 1. The van der Waals surface area contributed by atoms with E-state index >= 15 is 0 Å². The predicted molar refractivity (Wildman–Crippen MR) is 80.7 cm³/mol. The fraction of sp³-hybridized carbons (Fsp3) is 0.467. The number of benzene rings is 1. The molecule has 0 radical (unpaired) electrons. The second-order valence-electron chi connectivity index (χ2n) is 6.33. The van der Waals surface area contributed by atoms with Crippen LogP contribution in [0.1, 0.15) is 24.8 Å². The Morgan fingerprint density at radius 2 is 1.86 bits per heavy atom. The summed E-state index contributed by atoms with van der Waals surface area (Å²) in [5.41, 5.74) is 0.491. The highest BCUT2D eigenvalue weighted by Crippen LogP contribution is 2.72. The van der Waals surface area contributed by atoms with Crippen LogP contribution in [0.3, 0.4) is 0 Å². The lowest BCUT2D eigenvalue weighted by Crippen LogP contribution is -2.66. The Labute approximate surface area is 129 Å². The van der Waals surface area contributed by atoms with Crippen LogP contribution in [0.2, 0.25) is 0 Å². The molecule has 0 amide bonds. The Balaban J connectivity index is 1.60. The highest BCUT2D eigenvalue weighted by molar-refractivity contribution is 7.89. The molecule has 22 heavy (non-hydrogen) atoms. The molecule has 3 saturated carbocycles. The summed E-state index contributed by atoms with van der Waals surface area (Å²) in [6, 6.07) is 6.56. The van der Waals surface area contributed by atoms with Gasteiger partial charge in [0.25, 0.3) is 10.0 Å². The standard InChI is InChI=1S/C15H18N2O4S/c1-11-3-5-12(6-4-11)22(19,20)17-16-10-14-7-15(8-14,9-14)13(18)21-2/h3-6,10,17H,7-9H2,1-2H3/b16-10+. The Bertz CT molecular complexity index is 718. The molecule has 0 aromatic heterocycles. The van der Waals surface area contributed by atoms with Crippen molar-refractivity contribution >= 4 is 22.2 Å². The van der Waals surface area contributed by atoms with Gasteiger partial charge in [0, 0.05) is 11.6 Å². The van der Waals surface area contributed by atoms with Crippen molar-refractivity contribution < 1.29 is 17.9 Å². The monoisotopic (exact) mass is 322 g/mol. The number of hydrogen-bond donors (Lipinski definition) is 1. The SMILES string of the molecule is COC(=O)C12CC(/C=N/NS(=O)(=O)c3ccc(C)cc3)(C1)C2. The van der Waals surface area contributed by atoms with Crippen LogP contribution in [0, 0.1) is 17.8 Å². The molecule has 0 atom stereocenters. The largest absolute Gasteiger partial charge is 0.469 e. The molecule has 7 heteroatoms. The first kappa shape index (κ1) is 15.0. The van der Waals surface area contributed by atoms with E-state index in [4.69, 9.17) is 4.74 Å². The van der Waals surface area contributed by atoms with Crippen molar-refractivity contribution in [1.29, 1.82) is 0 Å². The average molecular weight is 322 g/mol. The Morgan fingerprint density at radius 1 is 1.27 bits per heavy atom. The van der Waals surface area contributed by atoms with E-state index in [-0.39, 0.29) is 21.7 Å². The first-order valence-corrected chi connectivity index (χ1v) is 8.50. The number of carbonyl (C=O) groups excluding carboxylic acids is 1. The zero-order valence-corrected chi connectivity index (χ0v) is 13.3. The minimum absolute atomic E-state index is 0.149. The van der Waals surface area contributed by atoms with Crippen LogP contribution in [-0.2, 0) is 19.6 Å². The first-order valence-electron chi connectivity index (χ1n) is 7.02. The molecule has 4 rings (SSSR count). The number of aryl methyl sites for hydroxylation is 1. The van der Waals surface area contributed by atoms with Crippen LogP contribution in [0.5, 0.6) is 0 Å². The van der Waals surface area contributed by atoms with Crippen LogP contribution in [0.4, 0.5) is 0 Å². The summed E-state index contributed by atoms with van der Waals surface area (Å²) in [5.74, 6) is -0.178. The zero-order valence-electron chi connectivity index (χ0n) is 12.5. The number of hydrogen-bond acceptors (Lipinski definition) is 5. The molecule has 1 N–H and O–H groups in total.